The smallest absolute Gasteiger partial charge is 0.326 e. The molecule has 0 aromatic rings. The summed E-state index contributed by atoms with van der Waals surface area (Å²) in [6.07, 6.45) is 2.06. The number of rotatable bonds is 15. The summed E-state index contributed by atoms with van der Waals surface area (Å²) in [5.74, 6) is -4.11. The highest BCUT2D eigenvalue weighted by Crippen LogP contribution is 2.11. The molecule has 11 nitrogen and oxygen atoms in total. The van der Waals surface area contributed by atoms with Crippen molar-refractivity contribution in [3.8, 4) is 0 Å². The van der Waals surface area contributed by atoms with Gasteiger partial charge in [0.05, 0.1) is 12.5 Å². The van der Waals surface area contributed by atoms with Crippen molar-refractivity contribution in [3.05, 3.63) is 0 Å². The Kier molecular flexibility index (Phi) is 13.6. The second-order valence-corrected chi connectivity index (χ2v) is 9.04. The van der Waals surface area contributed by atoms with E-state index in [9.17, 15) is 29.1 Å². The highest BCUT2D eigenvalue weighted by molar-refractivity contribution is 7.98. The van der Waals surface area contributed by atoms with E-state index in [1.807, 2.05) is 13.2 Å². The van der Waals surface area contributed by atoms with Crippen LogP contribution < -0.4 is 27.4 Å². The number of nitrogens with two attached hydrogens (primary N) is 2. The van der Waals surface area contributed by atoms with Gasteiger partial charge in [-0.2, -0.15) is 11.8 Å². The Morgan fingerprint density at radius 2 is 1.50 bits per heavy atom. The number of thioether (sulfide) groups is 1. The molecule has 5 unspecified atom stereocenters. The minimum atomic E-state index is -1.32. The van der Waals surface area contributed by atoms with Crippen molar-refractivity contribution in [2.24, 2.45) is 23.3 Å². The molecule has 0 saturated carbocycles. The number of carboxylic acid groups (broad SMARTS) is 1. The van der Waals surface area contributed by atoms with Gasteiger partial charge in [-0.25, -0.2) is 4.79 Å². The standard InChI is InChI=1S/C20H37N5O6S/c1-6-11(4)16(19(29)23-12(20(30)31)7-8-32-5)25-17(27)13(9-14(21)26)24-18(28)15(22)10(2)3/h10-13,15-16H,6-9,22H2,1-5H3,(H2,21,26)(H,23,29)(H,24,28)(H,25,27)(H,30,31). The van der Waals surface area contributed by atoms with Crippen LogP contribution >= 0.6 is 11.8 Å². The average Bonchev–Trinajstić information content (AvgIpc) is 2.71. The summed E-state index contributed by atoms with van der Waals surface area (Å²) in [4.78, 5) is 60.9. The molecule has 0 fully saturated rings. The predicted octanol–water partition coefficient (Wildman–Crippen LogP) is -0.817. The highest BCUT2D eigenvalue weighted by atomic mass is 32.2. The molecule has 0 radical (unpaired) electrons. The van der Waals surface area contributed by atoms with Crippen LogP contribution in [0.2, 0.25) is 0 Å². The first-order valence-electron chi connectivity index (χ1n) is 10.5. The monoisotopic (exact) mass is 475 g/mol. The van der Waals surface area contributed by atoms with E-state index in [0.717, 1.165) is 0 Å². The zero-order chi connectivity index (χ0) is 25.0. The lowest BCUT2D eigenvalue weighted by Gasteiger charge is -2.28. The van der Waals surface area contributed by atoms with Gasteiger partial charge in [0.25, 0.3) is 0 Å². The second kappa shape index (κ2) is 14.7. The van der Waals surface area contributed by atoms with Crippen LogP contribution in [-0.4, -0.2) is 70.9 Å². The average molecular weight is 476 g/mol. The molecule has 0 aromatic heterocycles. The Balaban J connectivity index is 5.55. The summed E-state index contributed by atoms with van der Waals surface area (Å²) in [6, 6.07) is -4.41. The van der Waals surface area contributed by atoms with Crippen LogP contribution in [0.15, 0.2) is 0 Å². The topological polar surface area (TPSA) is 194 Å². The lowest BCUT2D eigenvalue weighted by atomic mass is 9.97. The fourth-order valence-electron chi connectivity index (χ4n) is 2.69. The molecule has 0 aliphatic heterocycles. The first-order valence-corrected chi connectivity index (χ1v) is 11.9. The molecule has 32 heavy (non-hydrogen) atoms. The highest BCUT2D eigenvalue weighted by Gasteiger charge is 2.33. The molecule has 0 saturated heterocycles. The molecule has 5 atom stereocenters. The summed E-state index contributed by atoms with van der Waals surface area (Å²) in [5, 5.41) is 16.8. The lowest BCUT2D eigenvalue weighted by Crippen LogP contribution is -2.59. The van der Waals surface area contributed by atoms with E-state index in [-0.39, 0.29) is 18.3 Å². The van der Waals surface area contributed by atoms with Crippen molar-refractivity contribution in [2.75, 3.05) is 12.0 Å². The molecule has 8 N–H and O–H groups in total. The largest absolute Gasteiger partial charge is 0.480 e. The summed E-state index contributed by atoms with van der Waals surface area (Å²) < 4.78 is 0. The molecule has 0 aromatic carbocycles. The number of carboxylic acids is 1. The van der Waals surface area contributed by atoms with Crippen LogP contribution in [0.4, 0.5) is 0 Å². The van der Waals surface area contributed by atoms with Crippen molar-refractivity contribution in [1.29, 1.82) is 0 Å². The summed E-state index contributed by atoms with van der Waals surface area (Å²) >= 11 is 1.45. The Morgan fingerprint density at radius 3 is 1.94 bits per heavy atom. The van der Waals surface area contributed by atoms with Gasteiger partial charge in [0.15, 0.2) is 0 Å². The minimum Gasteiger partial charge on any atom is -0.480 e. The van der Waals surface area contributed by atoms with E-state index in [1.165, 1.54) is 11.8 Å². The first kappa shape index (κ1) is 29.7. The number of hydrogen-bond acceptors (Lipinski definition) is 7. The summed E-state index contributed by atoms with van der Waals surface area (Å²) in [7, 11) is 0. The van der Waals surface area contributed by atoms with Crippen molar-refractivity contribution in [3.63, 3.8) is 0 Å². The fourth-order valence-corrected chi connectivity index (χ4v) is 3.16. The lowest BCUT2D eigenvalue weighted by molar-refractivity contribution is -0.142. The molecule has 0 aliphatic rings. The van der Waals surface area contributed by atoms with Crippen LogP contribution in [0.1, 0.15) is 47.0 Å². The summed E-state index contributed by atoms with van der Waals surface area (Å²) in [5.41, 5.74) is 11.0. The minimum absolute atomic E-state index is 0.208. The van der Waals surface area contributed by atoms with E-state index in [2.05, 4.69) is 16.0 Å². The maximum Gasteiger partial charge on any atom is 0.326 e. The molecule has 184 valence electrons. The van der Waals surface area contributed by atoms with E-state index in [0.29, 0.717) is 12.2 Å². The number of carbonyl (C=O) groups excluding carboxylic acids is 4. The third kappa shape index (κ3) is 10.3. The van der Waals surface area contributed by atoms with Crippen molar-refractivity contribution < 1.29 is 29.1 Å². The Bertz CT molecular complexity index is 675. The third-order valence-corrected chi connectivity index (χ3v) is 5.72. The van der Waals surface area contributed by atoms with Gasteiger partial charge < -0.3 is 32.5 Å². The van der Waals surface area contributed by atoms with Gasteiger partial charge >= 0.3 is 5.97 Å². The number of amides is 4. The number of aliphatic carboxylic acids is 1. The normalized spacial score (nSPS) is 15.7. The number of carbonyl (C=O) groups is 5. The summed E-state index contributed by atoms with van der Waals surface area (Å²) in [6.45, 7) is 6.99. The van der Waals surface area contributed by atoms with Gasteiger partial charge in [0.1, 0.15) is 18.1 Å². The number of primary amides is 1. The molecular formula is C20H37N5O6S. The predicted molar refractivity (Wildman–Crippen MR) is 123 cm³/mol. The van der Waals surface area contributed by atoms with E-state index in [1.54, 1.807) is 20.8 Å². The van der Waals surface area contributed by atoms with Crippen molar-refractivity contribution in [1.82, 2.24) is 16.0 Å². The molecule has 0 aliphatic carbocycles. The Morgan fingerprint density at radius 1 is 0.938 bits per heavy atom. The molecule has 0 heterocycles. The van der Waals surface area contributed by atoms with Crippen LogP contribution in [0.25, 0.3) is 0 Å². The zero-order valence-electron chi connectivity index (χ0n) is 19.3. The quantitative estimate of drug-likeness (QED) is 0.177. The van der Waals surface area contributed by atoms with Gasteiger partial charge in [-0.15, -0.1) is 0 Å². The van der Waals surface area contributed by atoms with Gasteiger partial charge in [-0.1, -0.05) is 34.1 Å². The number of nitrogens with one attached hydrogen (secondary N) is 3. The first-order chi connectivity index (χ1) is 14.8. The van der Waals surface area contributed by atoms with Gasteiger partial charge in [-0.3, -0.25) is 19.2 Å². The SMILES string of the molecule is CCC(C)C(NC(=O)C(CC(N)=O)NC(=O)C(N)C(C)C)C(=O)NC(CCSC)C(=O)O. The Labute approximate surface area is 193 Å². The van der Waals surface area contributed by atoms with E-state index in [4.69, 9.17) is 11.5 Å². The van der Waals surface area contributed by atoms with Crippen LogP contribution in [0.3, 0.4) is 0 Å². The van der Waals surface area contributed by atoms with E-state index >= 15 is 0 Å². The zero-order valence-corrected chi connectivity index (χ0v) is 20.2. The maximum absolute atomic E-state index is 12.9. The van der Waals surface area contributed by atoms with Crippen LogP contribution in [0.5, 0.6) is 0 Å². The third-order valence-electron chi connectivity index (χ3n) is 5.08. The van der Waals surface area contributed by atoms with Crippen LogP contribution in [0, 0.1) is 11.8 Å². The molecular weight excluding hydrogens is 438 g/mol. The van der Waals surface area contributed by atoms with Crippen molar-refractivity contribution in [2.45, 2.75) is 71.1 Å². The van der Waals surface area contributed by atoms with E-state index < -0.39 is 60.2 Å². The molecule has 0 spiro atoms. The van der Waals surface area contributed by atoms with Crippen molar-refractivity contribution >= 4 is 41.4 Å². The number of hydrogen-bond donors (Lipinski definition) is 6. The van der Waals surface area contributed by atoms with Crippen LogP contribution in [-0.2, 0) is 24.0 Å². The Hall–Kier alpha value is -2.34. The molecule has 0 rings (SSSR count). The maximum atomic E-state index is 12.9. The second-order valence-electron chi connectivity index (χ2n) is 8.05. The molecule has 0 bridgehead atoms. The molecule has 4 amide bonds. The molecule has 12 heteroatoms. The fraction of sp³-hybridized carbons (Fsp3) is 0.750. The van der Waals surface area contributed by atoms with Gasteiger partial charge in [0, 0.05) is 0 Å². The van der Waals surface area contributed by atoms with Gasteiger partial charge in [-0.05, 0) is 30.3 Å². The van der Waals surface area contributed by atoms with Gasteiger partial charge in [0.2, 0.25) is 23.6 Å².